The summed E-state index contributed by atoms with van der Waals surface area (Å²) in [6.45, 7) is 2.62. The summed E-state index contributed by atoms with van der Waals surface area (Å²) in [5, 5.41) is 4.36. The first-order chi connectivity index (χ1) is 16.5. The van der Waals surface area contributed by atoms with Gasteiger partial charge in [-0.2, -0.15) is 5.10 Å². The molecule has 1 aliphatic rings. The molecule has 0 spiro atoms. The van der Waals surface area contributed by atoms with Crippen molar-refractivity contribution in [1.29, 1.82) is 0 Å². The Kier molecular flexibility index (Phi) is 7.77. The third kappa shape index (κ3) is 5.73. The molecule has 4 rings (SSSR count). The summed E-state index contributed by atoms with van der Waals surface area (Å²) < 4.78 is 13.5. The van der Waals surface area contributed by atoms with E-state index in [1.807, 2.05) is 37.4 Å². The fourth-order valence-electron chi connectivity index (χ4n) is 4.23. The molecule has 2 aromatic heterocycles. The topological polar surface area (TPSA) is 82.4 Å². The van der Waals surface area contributed by atoms with Crippen LogP contribution in [-0.4, -0.2) is 43.9 Å². The van der Waals surface area contributed by atoms with Crippen LogP contribution in [0.4, 0.5) is 4.79 Å². The van der Waals surface area contributed by atoms with Gasteiger partial charge in [0.2, 0.25) is 0 Å². The molecule has 0 atom stereocenters. The third-order valence-electron chi connectivity index (χ3n) is 6.22. The number of rotatable bonds is 8. The van der Waals surface area contributed by atoms with Gasteiger partial charge in [0.25, 0.3) is 0 Å². The van der Waals surface area contributed by atoms with Crippen LogP contribution in [0.1, 0.15) is 56.0 Å². The van der Waals surface area contributed by atoms with Gasteiger partial charge < -0.3 is 14.4 Å². The molecule has 3 aromatic rings. The maximum absolute atomic E-state index is 12.6. The normalized spacial score (nSPS) is 14.1. The van der Waals surface area contributed by atoms with Crippen LogP contribution in [0.15, 0.2) is 42.7 Å². The van der Waals surface area contributed by atoms with Crippen molar-refractivity contribution in [3.05, 3.63) is 59.7 Å². The van der Waals surface area contributed by atoms with E-state index in [0.717, 1.165) is 47.5 Å². The molecule has 34 heavy (non-hydrogen) atoms. The number of amides is 1. The fourth-order valence-corrected chi connectivity index (χ4v) is 4.23. The van der Waals surface area contributed by atoms with E-state index in [1.54, 1.807) is 29.0 Å². The number of ether oxygens (including phenoxy) is 2. The second-order valence-corrected chi connectivity index (χ2v) is 8.76. The zero-order valence-electron chi connectivity index (χ0n) is 20.2. The van der Waals surface area contributed by atoms with Crippen LogP contribution < -0.4 is 4.74 Å². The molecule has 8 nitrogen and oxygen atoms in total. The van der Waals surface area contributed by atoms with Crippen molar-refractivity contribution in [2.45, 2.75) is 64.7 Å². The molecule has 0 saturated heterocycles. The minimum absolute atomic E-state index is 0.0783. The molecule has 0 aliphatic heterocycles. The largest absolute Gasteiger partial charge is 0.487 e. The summed E-state index contributed by atoms with van der Waals surface area (Å²) in [7, 11) is 3.54. The van der Waals surface area contributed by atoms with Gasteiger partial charge in [0.15, 0.2) is 11.6 Å². The zero-order chi connectivity index (χ0) is 23.9. The van der Waals surface area contributed by atoms with E-state index in [0.29, 0.717) is 12.4 Å². The van der Waals surface area contributed by atoms with Gasteiger partial charge in [-0.3, -0.25) is 4.68 Å². The van der Waals surface area contributed by atoms with Gasteiger partial charge in [-0.25, -0.2) is 14.8 Å². The Morgan fingerprint density at radius 1 is 1.15 bits per heavy atom. The molecule has 180 valence electrons. The monoisotopic (exact) mass is 463 g/mol. The van der Waals surface area contributed by atoms with E-state index in [4.69, 9.17) is 14.5 Å². The highest BCUT2D eigenvalue weighted by atomic mass is 16.6. The maximum atomic E-state index is 12.6. The van der Waals surface area contributed by atoms with Gasteiger partial charge in [-0.05, 0) is 37.7 Å². The smallest absolute Gasteiger partial charge is 0.410 e. The molecular weight excluding hydrogens is 430 g/mol. The molecule has 0 unspecified atom stereocenters. The van der Waals surface area contributed by atoms with Crippen LogP contribution in [0.2, 0.25) is 0 Å². The predicted molar refractivity (Wildman–Crippen MR) is 129 cm³/mol. The van der Waals surface area contributed by atoms with E-state index in [2.05, 4.69) is 17.0 Å². The number of aryl methyl sites for hydroxylation is 2. The van der Waals surface area contributed by atoms with Gasteiger partial charge in [0, 0.05) is 20.6 Å². The Labute approximate surface area is 200 Å². The van der Waals surface area contributed by atoms with Gasteiger partial charge in [0.1, 0.15) is 6.61 Å². The van der Waals surface area contributed by atoms with Crippen molar-refractivity contribution in [3.8, 4) is 17.1 Å². The van der Waals surface area contributed by atoms with Crippen molar-refractivity contribution in [2.75, 3.05) is 7.05 Å². The highest BCUT2D eigenvalue weighted by Crippen LogP contribution is 2.28. The molecule has 1 fully saturated rings. The quantitative estimate of drug-likeness (QED) is 0.472. The van der Waals surface area contributed by atoms with Crippen LogP contribution >= 0.6 is 0 Å². The van der Waals surface area contributed by atoms with Gasteiger partial charge >= 0.3 is 6.09 Å². The summed E-state index contributed by atoms with van der Waals surface area (Å²) >= 11 is 0. The molecule has 1 aromatic carbocycles. The molecule has 0 bridgehead atoms. The lowest BCUT2D eigenvalue weighted by Crippen LogP contribution is -2.27. The minimum atomic E-state index is -0.401. The van der Waals surface area contributed by atoms with Crippen LogP contribution in [0.5, 0.6) is 5.75 Å². The zero-order valence-corrected chi connectivity index (χ0v) is 20.2. The van der Waals surface area contributed by atoms with Crippen molar-refractivity contribution >= 4 is 6.09 Å². The Morgan fingerprint density at radius 2 is 1.91 bits per heavy atom. The molecule has 0 radical (unpaired) electrons. The number of aromatic nitrogens is 4. The second-order valence-electron chi connectivity index (χ2n) is 8.76. The molecule has 1 saturated carbocycles. The van der Waals surface area contributed by atoms with Crippen LogP contribution in [0, 0.1) is 0 Å². The molecule has 0 N–H and O–H groups in total. The third-order valence-corrected chi connectivity index (χ3v) is 6.22. The highest BCUT2D eigenvalue weighted by Gasteiger charge is 2.20. The SMILES string of the molecule is CCc1nc(-c2cnn(C)c2COC(=O)N(C)Cc2ccccc2)ncc1OC1CCCCC1. The van der Waals surface area contributed by atoms with Crippen LogP contribution in [0.25, 0.3) is 11.4 Å². The van der Waals surface area contributed by atoms with Gasteiger partial charge in [-0.15, -0.1) is 0 Å². The average Bonchev–Trinajstić information content (AvgIpc) is 3.24. The Balaban J connectivity index is 1.45. The lowest BCUT2D eigenvalue weighted by atomic mass is 9.98. The number of hydrogen-bond donors (Lipinski definition) is 0. The maximum Gasteiger partial charge on any atom is 0.410 e. The molecule has 2 heterocycles. The van der Waals surface area contributed by atoms with Crippen molar-refractivity contribution < 1.29 is 14.3 Å². The minimum Gasteiger partial charge on any atom is -0.487 e. The molecule has 8 heteroatoms. The first-order valence-electron chi connectivity index (χ1n) is 12.0. The Bertz CT molecular complexity index is 1090. The van der Waals surface area contributed by atoms with Crippen LogP contribution in [0.3, 0.4) is 0 Å². The highest BCUT2D eigenvalue weighted by molar-refractivity contribution is 5.67. The van der Waals surface area contributed by atoms with E-state index in [9.17, 15) is 4.79 Å². The second kappa shape index (κ2) is 11.1. The van der Waals surface area contributed by atoms with E-state index in [1.165, 1.54) is 19.3 Å². The Morgan fingerprint density at radius 3 is 2.65 bits per heavy atom. The van der Waals surface area contributed by atoms with Crippen molar-refractivity contribution in [2.24, 2.45) is 7.05 Å². The number of carbonyl (C=O) groups is 1. The number of nitrogens with zero attached hydrogens (tertiary/aromatic N) is 5. The summed E-state index contributed by atoms with van der Waals surface area (Å²) in [4.78, 5) is 23.5. The summed E-state index contributed by atoms with van der Waals surface area (Å²) in [5.74, 6) is 1.32. The first-order valence-corrected chi connectivity index (χ1v) is 12.0. The summed E-state index contributed by atoms with van der Waals surface area (Å²) in [5.41, 5.74) is 3.41. The number of hydrogen-bond acceptors (Lipinski definition) is 6. The lowest BCUT2D eigenvalue weighted by molar-refractivity contribution is 0.100. The van der Waals surface area contributed by atoms with E-state index < -0.39 is 6.09 Å². The number of carbonyl (C=O) groups excluding carboxylic acids is 1. The van der Waals surface area contributed by atoms with Crippen LogP contribution in [-0.2, 0) is 31.4 Å². The van der Waals surface area contributed by atoms with Gasteiger partial charge in [0.05, 0.1) is 35.4 Å². The van der Waals surface area contributed by atoms with E-state index >= 15 is 0 Å². The number of benzene rings is 1. The fraction of sp³-hybridized carbons (Fsp3) is 0.462. The van der Waals surface area contributed by atoms with Crippen molar-refractivity contribution in [3.63, 3.8) is 0 Å². The van der Waals surface area contributed by atoms with Crippen molar-refractivity contribution in [1.82, 2.24) is 24.6 Å². The molecule has 1 amide bonds. The van der Waals surface area contributed by atoms with E-state index in [-0.39, 0.29) is 12.7 Å². The average molecular weight is 464 g/mol. The van der Waals surface area contributed by atoms with Gasteiger partial charge in [-0.1, -0.05) is 43.7 Å². The Hall–Kier alpha value is -3.42. The molecular formula is C26H33N5O3. The first kappa shape index (κ1) is 23.7. The summed E-state index contributed by atoms with van der Waals surface area (Å²) in [6, 6.07) is 9.81. The lowest BCUT2D eigenvalue weighted by Gasteiger charge is -2.23. The summed E-state index contributed by atoms with van der Waals surface area (Å²) in [6.07, 6.45) is 9.95. The standard InChI is InChI=1S/C26H33N5O3/c1-4-22-24(34-20-13-9-6-10-14-20)16-27-25(29-22)21-15-28-31(3)23(21)18-33-26(32)30(2)17-19-11-7-5-8-12-19/h5,7-8,11-12,15-16,20H,4,6,9-10,13-14,17-18H2,1-3H3. The predicted octanol–water partition coefficient (Wildman–Crippen LogP) is 4.92. The molecule has 1 aliphatic carbocycles.